The third kappa shape index (κ3) is 6.52. The summed E-state index contributed by atoms with van der Waals surface area (Å²) < 4.78 is 22.8. The Morgan fingerprint density at radius 3 is 1.73 bits per heavy atom. The van der Waals surface area contributed by atoms with Crippen LogP contribution in [-0.4, -0.2) is 46.9 Å². The van der Waals surface area contributed by atoms with Gasteiger partial charge < -0.3 is 18.3 Å². The second-order valence-electron chi connectivity index (χ2n) is 6.33. The molecule has 0 unspecified atom stereocenters. The lowest BCUT2D eigenvalue weighted by molar-refractivity contribution is -0.139. The van der Waals surface area contributed by atoms with E-state index in [1.807, 2.05) is 60.7 Å². The first-order valence-electron chi connectivity index (χ1n) is 9.50. The summed E-state index contributed by atoms with van der Waals surface area (Å²) in [5, 5.41) is 1.77. The van der Waals surface area contributed by atoms with Gasteiger partial charge in [-0.2, -0.15) is 0 Å². The van der Waals surface area contributed by atoms with Crippen LogP contribution in [0.25, 0.3) is 0 Å². The van der Waals surface area contributed by atoms with Crippen LogP contribution in [0.1, 0.15) is 6.92 Å². The van der Waals surface area contributed by atoms with E-state index < -0.39 is 20.5 Å². The minimum absolute atomic E-state index is 0.0628. The first-order chi connectivity index (χ1) is 14.5. The zero-order chi connectivity index (χ0) is 21.8. The molecular formula is C23H26O6Si. The molecule has 2 aromatic carbocycles. The van der Waals surface area contributed by atoms with Gasteiger partial charge in [0.15, 0.2) is 0 Å². The molecule has 2 rings (SSSR count). The molecule has 30 heavy (non-hydrogen) atoms. The molecule has 0 radical (unpaired) electrons. The lowest BCUT2D eigenvalue weighted by Crippen LogP contribution is -2.64. The van der Waals surface area contributed by atoms with Gasteiger partial charge in [0.1, 0.15) is 13.2 Å². The Morgan fingerprint density at radius 1 is 0.833 bits per heavy atom. The molecule has 0 atom stereocenters. The van der Waals surface area contributed by atoms with Crippen LogP contribution in [0.3, 0.4) is 0 Å². The summed E-state index contributed by atoms with van der Waals surface area (Å²) in [4.78, 5) is 23.0. The molecule has 0 N–H and O–H groups in total. The summed E-state index contributed by atoms with van der Waals surface area (Å²) in [5.41, 5.74) is 0.324. The molecule has 0 heterocycles. The maximum Gasteiger partial charge on any atom is 0.407 e. The fourth-order valence-electron chi connectivity index (χ4n) is 2.69. The van der Waals surface area contributed by atoms with Crippen LogP contribution >= 0.6 is 0 Å². The van der Waals surface area contributed by atoms with Crippen LogP contribution < -0.4 is 10.4 Å². The summed E-state index contributed by atoms with van der Waals surface area (Å²) in [6.07, 6.45) is 1.10. The van der Waals surface area contributed by atoms with Crippen molar-refractivity contribution in [1.82, 2.24) is 0 Å². The molecule has 0 amide bonds. The number of carbonyl (C=O) groups is 2. The number of rotatable bonds is 12. The SMILES string of the molecule is C=CC(=O)OCCO[Si](OCCOC(=O)C(=C)C)(c1ccccc1)c1ccccc1. The van der Waals surface area contributed by atoms with E-state index in [1.165, 1.54) is 0 Å². The number of esters is 2. The van der Waals surface area contributed by atoms with Gasteiger partial charge in [0.2, 0.25) is 0 Å². The molecule has 0 spiro atoms. The molecular weight excluding hydrogens is 400 g/mol. The Bertz CT molecular complexity index is 811. The van der Waals surface area contributed by atoms with Gasteiger partial charge in [0.25, 0.3) is 0 Å². The van der Waals surface area contributed by atoms with Crippen LogP contribution in [0.5, 0.6) is 0 Å². The van der Waals surface area contributed by atoms with E-state index in [4.69, 9.17) is 18.3 Å². The van der Waals surface area contributed by atoms with Gasteiger partial charge in [-0.15, -0.1) is 0 Å². The van der Waals surface area contributed by atoms with E-state index in [2.05, 4.69) is 13.2 Å². The van der Waals surface area contributed by atoms with Gasteiger partial charge in [0.05, 0.1) is 13.2 Å². The van der Waals surface area contributed by atoms with Crippen LogP contribution in [0, 0.1) is 0 Å². The van der Waals surface area contributed by atoms with Crippen LogP contribution in [0.15, 0.2) is 85.5 Å². The van der Waals surface area contributed by atoms with Crippen molar-refractivity contribution in [2.24, 2.45) is 0 Å². The lowest BCUT2D eigenvalue weighted by atomic mass is 10.4. The summed E-state index contributed by atoms with van der Waals surface area (Å²) in [6.45, 7) is 8.94. The molecule has 158 valence electrons. The van der Waals surface area contributed by atoms with Crippen molar-refractivity contribution in [3.63, 3.8) is 0 Å². The number of hydrogen-bond acceptors (Lipinski definition) is 6. The van der Waals surface area contributed by atoms with Crippen molar-refractivity contribution in [2.45, 2.75) is 6.92 Å². The topological polar surface area (TPSA) is 71.1 Å². The highest BCUT2D eigenvalue weighted by molar-refractivity contribution is 6.92. The molecule has 0 saturated heterocycles. The summed E-state index contributed by atoms with van der Waals surface area (Å²) in [6, 6.07) is 19.2. The van der Waals surface area contributed by atoms with E-state index in [0.717, 1.165) is 16.4 Å². The van der Waals surface area contributed by atoms with E-state index >= 15 is 0 Å². The van der Waals surface area contributed by atoms with Crippen LogP contribution in [0.2, 0.25) is 0 Å². The highest BCUT2D eigenvalue weighted by Gasteiger charge is 2.42. The highest BCUT2D eigenvalue weighted by Crippen LogP contribution is 2.11. The zero-order valence-electron chi connectivity index (χ0n) is 17.0. The summed E-state index contributed by atoms with van der Waals surface area (Å²) in [5.74, 6) is -0.986. The molecule has 2 aromatic rings. The van der Waals surface area contributed by atoms with Crippen molar-refractivity contribution < 1.29 is 27.9 Å². The Kier molecular flexibility index (Phi) is 9.21. The molecule has 0 aliphatic carbocycles. The van der Waals surface area contributed by atoms with E-state index in [1.54, 1.807) is 6.92 Å². The average molecular weight is 427 g/mol. The Labute approximate surface area is 178 Å². The van der Waals surface area contributed by atoms with Gasteiger partial charge in [-0.3, -0.25) is 0 Å². The van der Waals surface area contributed by atoms with Crippen molar-refractivity contribution in [1.29, 1.82) is 0 Å². The van der Waals surface area contributed by atoms with E-state index in [9.17, 15) is 9.59 Å². The zero-order valence-corrected chi connectivity index (χ0v) is 18.0. The monoisotopic (exact) mass is 426 g/mol. The normalized spacial score (nSPS) is 10.8. The summed E-state index contributed by atoms with van der Waals surface area (Å²) in [7, 11) is -3.16. The first kappa shape index (κ1) is 23.3. The second-order valence-corrected chi connectivity index (χ2v) is 9.30. The fourth-order valence-corrected chi connectivity index (χ4v) is 5.77. The van der Waals surface area contributed by atoms with Gasteiger partial charge in [-0.25, -0.2) is 9.59 Å². The predicted molar refractivity (Wildman–Crippen MR) is 117 cm³/mol. The molecule has 0 aliphatic heterocycles. The van der Waals surface area contributed by atoms with Gasteiger partial charge in [0, 0.05) is 11.6 Å². The third-order valence-corrected chi connectivity index (χ3v) is 7.49. The number of carbonyl (C=O) groups excluding carboxylic acids is 2. The largest absolute Gasteiger partial charge is 0.460 e. The van der Waals surface area contributed by atoms with Crippen molar-refractivity contribution >= 4 is 30.9 Å². The van der Waals surface area contributed by atoms with Gasteiger partial charge in [-0.1, -0.05) is 73.8 Å². The minimum Gasteiger partial charge on any atom is -0.460 e. The highest BCUT2D eigenvalue weighted by atomic mass is 28.4. The Hall–Kier alpha value is -3.00. The minimum atomic E-state index is -3.16. The average Bonchev–Trinajstić information content (AvgIpc) is 2.78. The van der Waals surface area contributed by atoms with E-state index in [-0.39, 0.29) is 26.4 Å². The number of hydrogen-bond donors (Lipinski definition) is 0. The molecule has 7 heteroatoms. The fraction of sp³-hybridized carbons (Fsp3) is 0.217. The second kappa shape index (κ2) is 11.9. The van der Waals surface area contributed by atoms with E-state index in [0.29, 0.717) is 5.57 Å². The van der Waals surface area contributed by atoms with Crippen molar-refractivity contribution in [3.8, 4) is 0 Å². The Balaban J connectivity index is 2.25. The molecule has 0 bridgehead atoms. The molecule has 6 nitrogen and oxygen atoms in total. The lowest BCUT2D eigenvalue weighted by Gasteiger charge is -2.31. The van der Waals surface area contributed by atoms with Crippen molar-refractivity contribution in [3.05, 3.63) is 85.5 Å². The van der Waals surface area contributed by atoms with Crippen molar-refractivity contribution in [2.75, 3.05) is 26.4 Å². The summed E-state index contributed by atoms with van der Waals surface area (Å²) >= 11 is 0. The Morgan fingerprint density at radius 2 is 1.30 bits per heavy atom. The molecule has 0 aliphatic rings. The maximum atomic E-state index is 11.7. The number of ether oxygens (including phenoxy) is 2. The molecule has 0 aromatic heterocycles. The standard InChI is InChI=1S/C23H26O6Si/c1-4-22(24)26-15-17-28-30(20-11-7-5-8-12-20,21-13-9-6-10-14-21)29-18-16-27-23(25)19(2)3/h4-14H,1-2,15-18H2,3H3. The molecule has 0 saturated carbocycles. The maximum absolute atomic E-state index is 11.7. The predicted octanol–water partition coefficient (Wildman–Crippen LogP) is 2.12. The third-order valence-electron chi connectivity index (χ3n) is 4.08. The quantitative estimate of drug-likeness (QED) is 0.224. The van der Waals surface area contributed by atoms with Gasteiger partial charge in [-0.05, 0) is 17.3 Å². The van der Waals surface area contributed by atoms with Crippen LogP contribution in [0.4, 0.5) is 0 Å². The first-order valence-corrected chi connectivity index (χ1v) is 11.3. The number of benzene rings is 2. The smallest absolute Gasteiger partial charge is 0.407 e. The molecule has 0 fully saturated rings. The van der Waals surface area contributed by atoms with Gasteiger partial charge >= 0.3 is 20.5 Å². The van der Waals surface area contributed by atoms with Crippen LogP contribution in [-0.2, 0) is 27.9 Å².